The van der Waals surface area contributed by atoms with Crippen molar-refractivity contribution < 1.29 is 38.2 Å². The van der Waals surface area contributed by atoms with Gasteiger partial charge in [0, 0.05) is 19.3 Å². The van der Waals surface area contributed by atoms with Gasteiger partial charge < -0.3 is 23.8 Å². The molecule has 0 amide bonds. The highest BCUT2D eigenvalue weighted by Gasteiger charge is 2.31. The van der Waals surface area contributed by atoms with Gasteiger partial charge >= 0.3 is 17.9 Å². The van der Waals surface area contributed by atoms with Gasteiger partial charge in [-0.3, -0.25) is 9.59 Å². The second kappa shape index (κ2) is 42.5. The number of carboxylic acid groups (broad SMARTS) is 1. The molecule has 0 fully saturated rings. The predicted molar refractivity (Wildman–Crippen MR) is 248 cm³/mol. The molecule has 1 N–H and O–H groups in total. The molecule has 0 radical (unpaired) electrons. The molecule has 0 aliphatic heterocycles. The van der Waals surface area contributed by atoms with Gasteiger partial charge in [0.2, 0.25) is 0 Å². The molecule has 2 unspecified atom stereocenters. The van der Waals surface area contributed by atoms with Crippen LogP contribution in [0, 0.1) is 0 Å². The first kappa shape index (κ1) is 56.8. The van der Waals surface area contributed by atoms with Crippen molar-refractivity contribution in [2.24, 2.45) is 0 Å². The van der Waals surface area contributed by atoms with Crippen molar-refractivity contribution in [3.63, 3.8) is 0 Å². The summed E-state index contributed by atoms with van der Waals surface area (Å²) in [6, 6.07) is -0.615. The average Bonchev–Trinajstić information content (AvgIpc) is 3.19. The number of ether oxygens (including phenoxy) is 3. The summed E-state index contributed by atoms with van der Waals surface area (Å²) in [6.07, 6.45) is 48.0. The number of unbranched alkanes of at least 4 members (excludes halogenated alkanes) is 27. The largest absolute Gasteiger partial charge is 0.477 e. The van der Waals surface area contributed by atoms with E-state index < -0.39 is 18.1 Å². The van der Waals surface area contributed by atoms with Crippen molar-refractivity contribution in [2.45, 2.75) is 244 Å². The molecule has 0 spiro atoms. The molecule has 0 aromatic heterocycles. The Balaban J connectivity index is 4.23. The first-order valence-corrected chi connectivity index (χ1v) is 24.9. The molecule has 0 aromatic carbocycles. The Bertz CT molecular complexity index is 1020. The highest BCUT2D eigenvalue weighted by Crippen LogP contribution is 2.15. The summed E-state index contributed by atoms with van der Waals surface area (Å²) < 4.78 is 17.3. The SMILES string of the molecule is CCCCCCCC/C=C/CCCCCC(=O)OCC(COCCC(C(=O)O)[N+](C)(C)C)OC(=O)CCCCCCCCC/C=C/CCCCCCCCCCCCC. The number of hydrogen-bond acceptors (Lipinski definition) is 6. The number of carbonyl (C=O) groups excluding carboxylic acids is 2. The molecule has 8 nitrogen and oxygen atoms in total. The lowest BCUT2D eigenvalue weighted by atomic mass is 10.0. The lowest BCUT2D eigenvalue weighted by molar-refractivity contribution is -0.887. The normalized spacial score (nSPS) is 13.0. The van der Waals surface area contributed by atoms with Crippen molar-refractivity contribution in [1.29, 1.82) is 0 Å². The number of carboxylic acids is 1. The van der Waals surface area contributed by atoms with Gasteiger partial charge in [0.25, 0.3) is 0 Å². The molecule has 59 heavy (non-hydrogen) atoms. The number of allylic oxidation sites excluding steroid dienone is 4. The first-order chi connectivity index (χ1) is 28.6. The number of quaternary nitrogens is 1. The molecule has 0 saturated carbocycles. The fourth-order valence-electron chi connectivity index (χ4n) is 7.43. The lowest BCUT2D eigenvalue weighted by Crippen LogP contribution is -2.50. The van der Waals surface area contributed by atoms with Crippen molar-refractivity contribution in [2.75, 3.05) is 41.0 Å². The van der Waals surface area contributed by atoms with Crippen LogP contribution >= 0.6 is 0 Å². The Labute approximate surface area is 364 Å². The predicted octanol–water partition coefficient (Wildman–Crippen LogP) is 14.0. The molecule has 0 rings (SSSR count). The van der Waals surface area contributed by atoms with Crippen LogP contribution in [0.5, 0.6) is 0 Å². The second-order valence-electron chi connectivity index (χ2n) is 18.1. The third-order valence-electron chi connectivity index (χ3n) is 11.3. The van der Waals surface area contributed by atoms with Crippen LogP contribution in [0.4, 0.5) is 0 Å². The van der Waals surface area contributed by atoms with Crippen LogP contribution in [0.25, 0.3) is 0 Å². The lowest BCUT2D eigenvalue weighted by Gasteiger charge is -2.31. The number of aliphatic carboxylic acids is 1. The van der Waals surface area contributed by atoms with Gasteiger partial charge in [-0.1, -0.05) is 173 Å². The van der Waals surface area contributed by atoms with E-state index in [9.17, 15) is 19.5 Å². The number of likely N-dealkylation sites (N-methyl/N-ethyl adjacent to an activating group) is 1. The maximum atomic E-state index is 12.8. The monoisotopic (exact) mass is 835 g/mol. The van der Waals surface area contributed by atoms with Crippen molar-refractivity contribution in [3.05, 3.63) is 24.3 Å². The molecule has 0 aliphatic carbocycles. The molecule has 0 saturated heterocycles. The summed E-state index contributed by atoms with van der Waals surface area (Å²) in [4.78, 5) is 37.0. The van der Waals surface area contributed by atoms with E-state index in [4.69, 9.17) is 14.2 Å². The van der Waals surface area contributed by atoms with Gasteiger partial charge in [-0.2, -0.15) is 0 Å². The van der Waals surface area contributed by atoms with Crippen LogP contribution in [0.1, 0.15) is 232 Å². The Morgan fingerprint density at radius 3 is 1.24 bits per heavy atom. The highest BCUT2D eigenvalue weighted by atomic mass is 16.6. The van der Waals surface area contributed by atoms with Gasteiger partial charge in [0.05, 0.1) is 34.4 Å². The summed E-state index contributed by atoms with van der Waals surface area (Å²) >= 11 is 0. The van der Waals surface area contributed by atoms with Crippen molar-refractivity contribution in [3.8, 4) is 0 Å². The summed E-state index contributed by atoms with van der Waals surface area (Å²) in [5, 5.41) is 9.64. The minimum atomic E-state index is -0.875. The fourth-order valence-corrected chi connectivity index (χ4v) is 7.43. The van der Waals surface area contributed by atoms with Crippen molar-refractivity contribution >= 4 is 17.9 Å². The Kier molecular flexibility index (Phi) is 40.9. The van der Waals surface area contributed by atoms with E-state index in [1.807, 2.05) is 21.1 Å². The molecular formula is C51H96NO7+. The minimum absolute atomic E-state index is 0.0575. The van der Waals surface area contributed by atoms with Crippen LogP contribution < -0.4 is 0 Å². The maximum Gasteiger partial charge on any atom is 0.362 e. The van der Waals surface area contributed by atoms with Gasteiger partial charge in [-0.15, -0.1) is 0 Å². The molecular weight excluding hydrogens is 739 g/mol. The molecule has 0 bridgehead atoms. The topological polar surface area (TPSA) is 99.1 Å². The van der Waals surface area contributed by atoms with Crippen LogP contribution in [0.15, 0.2) is 24.3 Å². The van der Waals surface area contributed by atoms with Crippen LogP contribution in [-0.4, -0.2) is 80.6 Å². The number of nitrogens with zero attached hydrogens (tertiary/aromatic N) is 1. The van der Waals surface area contributed by atoms with E-state index in [1.54, 1.807) is 0 Å². The second-order valence-corrected chi connectivity index (χ2v) is 18.1. The maximum absolute atomic E-state index is 12.8. The van der Waals surface area contributed by atoms with Crippen molar-refractivity contribution in [1.82, 2.24) is 0 Å². The average molecular weight is 835 g/mol. The first-order valence-electron chi connectivity index (χ1n) is 24.9. The van der Waals surface area contributed by atoms with Crippen LogP contribution in [0.2, 0.25) is 0 Å². The smallest absolute Gasteiger partial charge is 0.362 e. The zero-order valence-electron chi connectivity index (χ0n) is 39.5. The summed E-state index contributed by atoms with van der Waals surface area (Å²) in [6.45, 7) is 4.74. The number of carbonyl (C=O) groups is 3. The minimum Gasteiger partial charge on any atom is -0.477 e. The molecule has 2 atom stereocenters. The Hall–Kier alpha value is -2.19. The standard InChI is InChI=1S/C51H95NO7/c1-6-8-10-12-14-16-18-20-21-22-23-24-25-26-27-28-30-32-34-36-38-40-42-50(54)59-47(45-57-44-43-48(51(55)56)52(3,4)5)46-58-49(53)41-39-37-35-33-31-29-19-17-15-13-11-9-7-2/h25-26,29,31,47-48H,6-24,27-28,30,32-46H2,1-5H3/p+1/b26-25+,31-29+. The van der Waals surface area contributed by atoms with E-state index in [1.165, 1.54) is 148 Å². The van der Waals surface area contributed by atoms with Gasteiger partial charge in [-0.25, -0.2) is 4.79 Å². The molecule has 346 valence electrons. The summed E-state index contributed by atoms with van der Waals surface area (Å²) in [5.74, 6) is -1.48. The van der Waals surface area contributed by atoms with Crippen LogP contribution in [-0.2, 0) is 28.6 Å². The Morgan fingerprint density at radius 2 is 0.847 bits per heavy atom. The molecule has 0 aromatic rings. The molecule has 0 aliphatic rings. The van der Waals surface area contributed by atoms with E-state index in [0.29, 0.717) is 19.3 Å². The zero-order valence-corrected chi connectivity index (χ0v) is 39.5. The number of esters is 2. The third-order valence-corrected chi connectivity index (χ3v) is 11.3. The van der Waals surface area contributed by atoms with E-state index in [2.05, 4.69) is 38.2 Å². The van der Waals surface area contributed by atoms with Gasteiger partial charge in [0.15, 0.2) is 12.1 Å². The number of rotatable bonds is 45. The van der Waals surface area contributed by atoms with E-state index >= 15 is 0 Å². The zero-order chi connectivity index (χ0) is 43.5. The Morgan fingerprint density at radius 1 is 0.492 bits per heavy atom. The summed E-state index contributed by atoms with van der Waals surface area (Å²) in [7, 11) is 5.53. The van der Waals surface area contributed by atoms with Crippen LogP contribution in [0.3, 0.4) is 0 Å². The molecule has 8 heteroatoms. The number of hydrogen-bond donors (Lipinski definition) is 1. The third kappa shape index (κ3) is 41.0. The summed E-state index contributed by atoms with van der Waals surface area (Å²) in [5.41, 5.74) is 0. The van der Waals surface area contributed by atoms with E-state index in [-0.39, 0.29) is 36.2 Å². The van der Waals surface area contributed by atoms with Gasteiger partial charge in [0.1, 0.15) is 6.61 Å². The molecule has 0 heterocycles. The highest BCUT2D eigenvalue weighted by molar-refractivity contribution is 5.72. The quantitative estimate of drug-likeness (QED) is 0.0282. The van der Waals surface area contributed by atoms with Gasteiger partial charge in [-0.05, 0) is 64.2 Å². The fraction of sp³-hybridized carbons (Fsp3) is 0.863. The van der Waals surface area contributed by atoms with E-state index in [0.717, 1.165) is 51.4 Å².